The Morgan fingerprint density at radius 3 is 2.09 bits per heavy atom. The summed E-state index contributed by atoms with van der Waals surface area (Å²) in [4.78, 5) is 15.3. The zero-order valence-electron chi connectivity index (χ0n) is 6.43. The molecule has 0 spiro atoms. The van der Waals surface area contributed by atoms with Gasteiger partial charge in [-0.25, -0.2) is 0 Å². The van der Waals surface area contributed by atoms with Crippen molar-refractivity contribution in [2.24, 2.45) is 5.73 Å². The van der Waals surface area contributed by atoms with Gasteiger partial charge in [0.25, 0.3) is 0 Å². The molecule has 0 radical (unpaired) electrons. The minimum absolute atomic E-state index is 0.394. The van der Waals surface area contributed by atoms with Gasteiger partial charge in [-0.05, 0) is 12.8 Å². The summed E-state index contributed by atoms with van der Waals surface area (Å²) in [5, 5.41) is 0. The predicted octanol–water partition coefficient (Wildman–Crippen LogP) is -0.125. The fourth-order valence-electron chi connectivity index (χ4n) is 0.371. The van der Waals surface area contributed by atoms with Crippen LogP contribution in [0.5, 0.6) is 0 Å². The lowest BCUT2D eigenvalue weighted by molar-refractivity contribution is 0.126. The van der Waals surface area contributed by atoms with Crippen molar-refractivity contribution in [2.75, 3.05) is 13.4 Å². The zero-order chi connectivity index (χ0) is 8.91. The van der Waals surface area contributed by atoms with Gasteiger partial charge in [-0.1, -0.05) is 0 Å². The third kappa shape index (κ3) is 17.8. The molecule has 0 atom stereocenters. The maximum absolute atomic E-state index is 9.33. The topological polar surface area (TPSA) is 92.8 Å². The van der Waals surface area contributed by atoms with Crippen LogP contribution in [0.1, 0.15) is 12.8 Å². The quantitative estimate of drug-likeness (QED) is 0.409. The molecule has 5 nitrogen and oxygen atoms in total. The van der Waals surface area contributed by atoms with E-state index >= 15 is 0 Å². The Balaban J connectivity index is 0.000000187. The van der Waals surface area contributed by atoms with Crippen molar-refractivity contribution >= 4 is 7.60 Å². The Morgan fingerprint density at radius 2 is 2.00 bits per heavy atom. The van der Waals surface area contributed by atoms with E-state index in [4.69, 9.17) is 20.3 Å². The summed E-state index contributed by atoms with van der Waals surface area (Å²) < 4.78 is 14.3. The molecule has 0 saturated heterocycles. The van der Waals surface area contributed by atoms with Crippen molar-refractivity contribution in [3.8, 4) is 0 Å². The minimum Gasteiger partial charge on any atom is -0.363 e. The second kappa shape index (κ2) is 4.85. The molecule has 0 amide bonds. The summed E-state index contributed by atoms with van der Waals surface area (Å²) in [6.45, 7) is 1.25. The van der Waals surface area contributed by atoms with Crippen molar-refractivity contribution in [3.05, 3.63) is 0 Å². The van der Waals surface area contributed by atoms with Gasteiger partial charge in [-0.15, -0.1) is 0 Å². The largest absolute Gasteiger partial charge is 0.363 e. The van der Waals surface area contributed by atoms with Crippen LogP contribution in [0, 0.1) is 0 Å². The lowest BCUT2D eigenvalue weighted by Crippen LogP contribution is -2.04. The molecule has 68 valence electrons. The number of hydrogen-bond acceptors (Lipinski definition) is 3. The third-order valence-corrected chi connectivity index (χ3v) is 0.856. The van der Waals surface area contributed by atoms with Crippen molar-refractivity contribution in [1.82, 2.24) is 0 Å². The van der Waals surface area contributed by atoms with Gasteiger partial charge in [0.1, 0.15) is 0 Å². The standard InChI is InChI=1S/C4H9NO.CH5O3P/c5-3-6-4-1-2-4;1-5(2,3)4/h4H,1-3,5H2;1H3,(H2,2,3,4). The van der Waals surface area contributed by atoms with E-state index in [-0.39, 0.29) is 0 Å². The maximum atomic E-state index is 9.33. The molecular formula is C5H14NO4P. The molecule has 0 aromatic heterocycles. The summed E-state index contributed by atoms with van der Waals surface area (Å²) in [7, 11) is -3.64. The van der Waals surface area contributed by atoms with E-state index in [2.05, 4.69) is 0 Å². The summed E-state index contributed by atoms with van der Waals surface area (Å²) in [6.07, 6.45) is 2.96. The molecule has 1 aliphatic rings. The van der Waals surface area contributed by atoms with E-state index < -0.39 is 7.60 Å². The zero-order valence-corrected chi connectivity index (χ0v) is 7.33. The van der Waals surface area contributed by atoms with Crippen LogP contribution in [0.25, 0.3) is 0 Å². The fourth-order valence-corrected chi connectivity index (χ4v) is 0.371. The summed E-state index contributed by atoms with van der Waals surface area (Å²) in [5.74, 6) is 0. The van der Waals surface area contributed by atoms with Gasteiger partial charge in [0.05, 0.1) is 12.8 Å². The average Bonchev–Trinajstić information content (AvgIpc) is 2.45. The van der Waals surface area contributed by atoms with E-state index in [9.17, 15) is 4.57 Å². The molecule has 1 rings (SSSR count). The first-order valence-corrected chi connectivity index (χ1v) is 5.34. The number of rotatable bonds is 2. The molecule has 0 bridgehead atoms. The highest BCUT2D eigenvalue weighted by Crippen LogP contribution is 2.26. The van der Waals surface area contributed by atoms with Crippen LogP contribution >= 0.6 is 7.60 Å². The van der Waals surface area contributed by atoms with Crippen LogP contribution in [-0.4, -0.2) is 29.3 Å². The first kappa shape index (κ1) is 11.1. The van der Waals surface area contributed by atoms with Gasteiger partial charge in [0.15, 0.2) is 0 Å². The molecule has 0 aromatic carbocycles. The summed E-state index contributed by atoms with van der Waals surface area (Å²) in [5.41, 5.74) is 5.05. The Hall–Kier alpha value is 0.0700. The Labute approximate surface area is 65.7 Å². The van der Waals surface area contributed by atoms with E-state index in [1.165, 1.54) is 12.8 Å². The number of ether oxygens (including phenoxy) is 1. The van der Waals surface area contributed by atoms with Crippen LogP contribution in [0.3, 0.4) is 0 Å². The van der Waals surface area contributed by atoms with Crippen LogP contribution in [0.15, 0.2) is 0 Å². The molecule has 0 aromatic rings. The highest BCUT2D eigenvalue weighted by Gasteiger charge is 2.20. The van der Waals surface area contributed by atoms with Gasteiger partial charge < -0.3 is 20.3 Å². The van der Waals surface area contributed by atoms with E-state index in [0.29, 0.717) is 12.8 Å². The number of nitrogens with two attached hydrogens (primary N) is 1. The number of hydrogen-bond donors (Lipinski definition) is 3. The summed E-state index contributed by atoms with van der Waals surface area (Å²) in [6, 6.07) is 0. The predicted molar refractivity (Wildman–Crippen MR) is 41.1 cm³/mol. The molecule has 1 saturated carbocycles. The minimum atomic E-state index is -3.64. The monoisotopic (exact) mass is 183 g/mol. The first-order valence-electron chi connectivity index (χ1n) is 3.28. The molecule has 0 aliphatic heterocycles. The molecule has 0 heterocycles. The second-order valence-corrected chi connectivity index (χ2v) is 4.04. The highest BCUT2D eigenvalue weighted by molar-refractivity contribution is 7.50. The van der Waals surface area contributed by atoms with Crippen LogP contribution in [-0.2, 0) is 9.30 Å². The smallest absolute Gasteiger partial charge is 0.322 e. The van der Waals surface area contributed by atoms with E-state index in [1.54, 1.807) is 0 Å². The van der Waals surface area contributed by atoms with Crippen molar-refractivity contribution in [2.45, 2.75) is 18.9 Å². The molecule has 6 heteroatoms. The van der Waals surface area contributed by atoms with Crippen molar-refractivity contribution in [3.63, 3.8) is 0 Å². The van der Waals surface area contributed by atoms with Gasteiger partial charge in [0, 0.05) is 6.66 Å². The average molecular weight is 183 g/mol. The third-order valence-electron chi connectivity index (χ3n) is 0.856. The first-order chi connectivity index (χ1) is 4.93. The highest BCUT2D eigenvalue weighted by atomic mass is 31.2. The fraction of sp³-hybridized carbons (Fsp3) is 1.00. The van der Waals surface area contributed by atoms with Crippen molar-refractivity contribution < 1.29 is 19.1 Å². The van der Waals surface area contributed by atoms with Crippen LogP contribution in [0.2, 0.25) is 0 Å². The molecular weight excluding hydrogens is 169 g/mol. The van der Waals surface area contributed by atoms with Gasteiger partial charge in [0.2, 0.25) is 0 Å². The van der Waals surface area contributed by atoms with Crippen molar-refractivity contribution in [1.29, 1.82) is 0 Å². The summed E-state index contributed by atoms with van der Waals surface area (Å²) >= 11 is 0. The van der Waals surface area contributed by atoms with E-state index in [0.717, 1.165) is 6.66 Å². The Bertz CT molecular complexity index is 133. The van der Waals surface area contributed by atoms with Gasteiger partial charge >= 0.3 is 7.60 Å². The van der Waals surface area contributed by atoms with E-state index in [1.807, 2.05) is 0 Å². The Kier molecular flexibility index (Phi) is 4.88. The lowest BCUT2D eigenvalue weighted by Gasteiger charge is -1.89. The van der Waals surface area contributed by atoms with Gasteiger partial charge in [-0.3, -0.25) is 4.57 Å². The Morgan fingerprint density at radius 1 is 1.64 bits per heavy atom. The van der Waals surface area contributed by atoms with Crippen LogP contribution in [0.4, 0.5) is 0 Å². The normalized spacial score (nSPS) is 17.1. The molecule has 4 N–H and O–H groups in total. The molecule has 1 aliphatic carbocycles. The molecule has 1 fully saturated rings. The van der Waals surface area contributed by atoms with Gasteiger partial charge in [-0.2, -0.15) is 0 Å². The second-order valence-electron chi connectivity index (χ2n) is 2.37. The lowest BCUT2D eigenvalue weighted by atomic mass is 10.8. The maximum Gasteiger partial charge on any atom is 0.322 e. The molecule has 0 unspecified atom stereocenters. The van der Waals surface area contributed by atoms with Crippen LogP contribution < -0.4 is 5.73 Å². The SMILES string of the molecule is CP(=O)(O)O.NCOC1CC1. The molecule has 11 heavy (non-hydrogen) atoms.